The Balaban J connectivity index is 2.50. The monoisotopic (exact) mass is 201 g/mol. The highest BCUT2D eigenvalue weighted by molar-refractivity contribution is 6.18. The normalized spacial score (nSPS) is 34.5. The Labute approximate surface area is 86.5 Å². The van der Waals surface area contributed by atoms with Crippen molar-refractivity contribution < 1.29 is 0 Å². The SMILES string of the molecule is C=CCNC1(CCl)CCCC(C)C1. The lowest BCUT2D eigenvalue weighted by Gasteiger charge is -2.39. The van der Waals surface area contributed by atoms with Crippen LogP contribution in [0.25, 0.3) is 0 Å². The van der Waals surface area contributed by atoms with E-state index in [2.05, 4.69) is 18.8 Å². The van der Waals surface area contributed by atoms with Crippen molar-refractivity contribution in [2.75, 3.05) is 12.4 Å². The van der Waals surface area contributed by atoms with E-state index in [9.17, 15) is 0 Å². The average Bonchev–Trinajstić information content (AvgIpc) is 2.15. The molecule has 1 nitrogen and oxygen atoms in total. The van der Waals surface area contributed by atoms with Crippen molar-refractivity contribution in [1.29, 1.82) is 0 Å². The topological polar surface area (TPSA) is 12.0 Å². The van der Waals surface area contributed by atoms with Gasteiger partial charge in [-0.15, -0.1) is 18.2 Å². The number of halogens is 1. The van der Waals surface area contributed by atoms with Crippen LogP contribution in [0, 0.1) is 5.92 Å². The highest BCUT2D eigenvalue weighted by atomic mass is 35.5. The molecule has 0 aromatic carbocycles. The van der Waals surface area contributed by atoms with E-state index < -0.39 is 0 Å². The Morgan fingerprint density at radius 2 is 2.46 bits per heavy atom. The van der Waals surface area contributed by atoms with E-state index in [-0.39, 0.29) is 5.54 Å². The number of alkyl halides is 1. The predicted molar refractivity (Wildman–Crippen MR) is 59.3 cm³/mol. The molecule has 0 aliphatic heterocycles. The van der Waals surface area contributed by atoms with Gasteiger partial charge in [-0.3, -0.25) is 0 Å². The maximum atomic E-state index is 6.04. The first-order chi connectivity index (χ1) is 6.22. The van der Waals surface area contributed by atoms with Gasteiger partial charge in [-0.1, -0.05) is 25.8 Å². The smallest absolute Gasteiger partial charge is 0.0406 e. The Morgan fingerprint density at radius 3 is 3.00 bits per heavy atom. The Bertz CT molecular complexity index is 169. The average molecular weight is 202 g/mol. The minimum Gasteiger partial charge on any atom is -0.307 e. The Kier molecular flexibility index (Phi) is 4.27. The molecule has 1 N–H and O–H groups in total. The number of rotatable bonds is 4. The molecule has 1 saturated carbocycles. The molecule has 1 rings (SSSR count). The van der Waals surface area contributed by atoms with Crippen molar-refractivity contribution in [2.24, 2.45) is 5.92 Å². The van der Waals surface area contributed by atoms with Gasteiger partial charge in [0.15, 0.2) is 0 Å². The fraction of sp³-hybridized carbons (Fsp3) is 0.818. The second kappa shape index (κ2) is 5.02. The van der Waals surface area contributed by atoms with Crippen LogP contribution < -0.4 is 5.32 Å². The molecule has 0 bridgehead atoms. The molecule has 1 aliphatic carbocycles. The zero-order valence-corrected chi connectivity index (χ0v) is 9.24. The number of nitrogens with one attached hydrogen (secondary N) is 1. The van der Waals surface area contributed by atoms with Gasteiger partial charge in [-0.25, -0.2) is 0 Å². The zero-order chi connectivity index (χ0) is 9.73. The minimum atomic E-state index is 0.188. The van der Waals surface area contributed by atoms with Gasteiger partial charge in [0.05, 0.1) is 0 Å². The summed E-state index contributed by atoms with van der Waals surface area (Å²) in [4.78, 5) is 0. The first-order valence-electron chi connectivity index (χ1n) is 5.14. The summed E-state index contributed by atoms with van der Waals surface area (Å²) in [6, 6.07) is 0. The first-order valence-corrected chi connectivity index (χ1v) is 5.68. The lowest BCUT2D eigenvalue weighted by molar-refractivity contribution is 0.215. The summed E-state index contributed by atoms with van der Waals surface area (Å²) < 4.78 is 0. The molecule has 0 amide bonds. The second-order valence-corrected chi connectivity index (χ2v) is 4.55. The molecule has 2 atom stereocenters. The fourth-order valence-corrected chi connectivity index (χ4v) is 2.62. The van der Waals surface area contributed by atoms with Crippen LogP contribution in [0.2, 0.25) is 0 Å². The van der Waals surface area contributed by atoms with Crippen LogP contribution in [0.4, 0.5) is 0 Å². The van der Waals surface area contributed by atoms with Crippen molar-refractivity contribution >= 4 is 11.6 Å². The molecule has 0 spiro atoms. The molecular formula is C11H20ClN. The lowest BCUT2D eigenvalue weighted by atomic mass is 9.77. The molecule has 1 aliphatic rings. The van der Waals surface area contributed by atoms with Gasteiger partial charge in [0.1, 0.15) is 0 Å². The van der Waals surface area contributed by atoms with Crippen LogP contribution >= 0.6 is 11.6 Å². The van der Waals surface area contributed by atoms with Crippen LogP contribution in [0.3, 0.4) is 0 Å². The van der Waals surface area contributed by atoms with Crippen LogP contribution in [0.1, 0.15) is 32.6 Å². The van der Waals surface area contributed by atoms with E-state index in [0.717, 1.165) is 18.3 Å². The molecule has 0 saturated heterocycles. The van der Waals surface area contributed by atoms with Crippen molar-refractivity contribution in [1.82, 2.24) is 5.32 Å². The number of hydrogen-bond acceptors (Lipinski definition) is 1. The van der Waals surface area contributed by atoms with Crippen molar-refractivity contribution in [3.05, 3.63) is 12.7 Å². The maximum Gasteiger partial charge on any atom is 0.0406 e. The van der Waals surface area contributed by atoms with E-state index in [1.165, 1.54) is 25.7 Å². The molecule has 0 heterocycles. The second-order valence-electron chi connectivity index (χ2n) is 4.29. The van der Waals surface area contributed by atoms with Crippen LogP contribution in [-0.2, 0) is 0 Å². The fourth-order valence-electron chi connectivity index (χ4n) is 2.28. The van der Waals surface area contributed by atoms with E-state index in [1.54, 1.807) is 0 Å². The zero-order valence-electron chi connectivity index (χ0n) is 8.48. The van der Waals surface area contributed by atoms with E-state index in [0.29, 0.717) is 0 Å². The summed E-state index contributed by atoms with van der Waals surface area (Å²) in [6.45, 7) is 6.91. The Morgan fingerprint density at radius 1 is 1.69 bits per heavy atom. The minimum absolute atomic E-state index is 0.188. The standard InChI is InChI=1S/C11H20ClN/c1-3-7-13-11(9-12)6-4-5-10(2)8-11/h3,10,13H,1,4-9H2,2H3. The third kappa shape index (κ3) is 2.99. The summed E-state index contributed by atoms with van der Waals surface area (Å²) >= 11 is 6.04. The third-order valence-corrected chi connectivity index (χ3v) is 3.48. The van der Waals surface area contributed by atoms with Gasteiger partial charge >= 0.3 is 0 Å². The summed E-state index contributed by atoms with van der Waals surface area (Å²) in [7, 11) is 0. The molecule has 2 heteroatoms. The lowest BCUT2D eigenvalue weighted by Crippen LogP contribution is -2.50. The van der Waals surface area contributed by atoms with Crippen molar-refractivity contribution in [2.45, 2.75) is 38.1 Å². The number of hydrogen-bond donors (Lipinski definition) is 1. The molecule has 0 radical (unpaired) electrons. The van der Waals surface area contributed by atoms with Gasteiger partial charge in [-0.2, -0.15) is 0 Å². The molecular weight excluding hydrogens is 182 g/mol. The van der Waals surface area contributed by atoms with Gasteiger partial charge in [0.25, 0.3) is 0 Å². The van der Waals surface area contributed by atoms with Gasteiger partial charge in [-0.05, 0) is 18.8 Å². The Hall–Kier alpha value is -0.0100. The van der Waals surface area contributed by atoms with E-state index >= 15 is 0 Å². The van der Waals surface area contributed by atoms with E-state index in [1.807, 2.05) is 6.08 Å². The summed E-state index contributed by atoms with van der Waals surface area (Å²) in [5, 5.41) is 3.51. The summed E-state index contributed by atoms with van der Waals surface area (Å²) in [6.07, 6.45) is 7.00. The third-order valence-electron chi connectivity index (χ3n) is 2.97. The van der Waals surface area contributed by atoms with Crippen LogP contribution in [-0.4, -0.2) is 18.0 Å². The largest absolute Gasteiger partial charge is 0.307 e. The molecule has 2 unspecified atom stereocenters. The van der Waals surface area contributed by atoms with E-state index in [4.69, 9.17) is 11.6 Å². The van der Waals surface area contributed by atoms with Gasteiger partial charge in [0.2, 0.25) is 0 Å². The first kappa shape index (κ1) is 11.1. The molecule has 0 aromatic heterocycles. The summed E-state index contributed by atoms with van der Waals surface area (Å²) in [5.74, 6) is 1.54. The maximum absolute atomic E-state index is 6.04. The quantitative estimate of drug-likeness (QED) is 0.545. The van der Waals surface area contributed by atoms with Crippen LogP contribution in [0.5, 0.6) is 0 Å². The van der Waals surface area contributed by atoms with Gasteiger partial charge < -0.3 is 5.32 Å². The molecule has 76 valence electrons. The predicted octanol–water partition coefficient (Wildman–Crippen LogP) is 2.95. The highest BCUT2D eigenvalue weighted by Crippen LogP contribution is 2.32. The van der Waals surface area contributed by atoms with Crippen molar-refractivity contribution in [3.63, 3.8) is 0 Å². The molecule has 0 aromatic rings. The van der Waals surface area contributed by atoms with Crippen LogP contribution in [0.15, 0.2) is 12.7 Å². The molecule has 1 fully saturated rings. The summed E-state index contributed by atoms with van der Waals surface area (Å²) in [5.41, 5.74) is 0.188. The highest BCUT2D eigenvalue weighted by Gasteiger charge is 2.33. The molecule has 13 heavy (non-hydrogen) atoms. The van der Waals surface area contributed by atoms with Crippen molar-refractivity contribution in [3.8, 4) is 0 Å². The van der Waals surface area contributed by atoms with Gasteiger partial charge in [0, 0.05) is 18.0 Å².